The van der Waals surface area contributed by atoms with Gasteiger partial charge in [0.15, 0.2) is 5.58 Å². The van der Waals surface area contributed by atoms with Gasteiger partial charge in [-0.1, -0.05) is 18.2 Å². The van der Waals surface area contributed by atoms with Crippen molar-refractivity contribution in [3.05, 3.63) is 54.3 Å². The van der Waals surface area contributed by atoms with Crippen LogP contribution < -0.4 is 9.03 Å². The van der Waals surface area contributed by atoms with Gasteiger partial charge in [-0.15, -0.1) is 0 Å². The Labute approximate surface area is 181 Å². The van der Waals surface area contributed by atoms with E-state index >= 15 is 0 Å². The summed E-state index contributed by atoms with van der Waals surface area (Å²) in [6.07, 6.45) is 5.46. The van der Waals surface area contributed by atoms with Crippen LogP contribution in [0.25, 0.3) is 11.1 Å². The van der Waals surface area contributed by atoms with Crippen molar-refractivity contribution in [2.24, 2.45) is 16.8 Å². The molecule has 2 aromatic carbocycles. The van der Waals surface area contributed by atoms with E-state index in [-0.39, 0.29) is 23.7 Å². The summed E-state index contributed by atoms with van der Waals surface area (Å²) in [7, 11) is -2.15. The first-order valence-electron chi connectivity index (χ1n) is 10.3. The zero-order chi connectivity index (χ0) is 21.8. The fourth-order valence-electron chi connectivity index (χ4n) is 3.91. The van der Waals surface area contributed by atoms with Crippen LogP contribution in [0.1, 0.15) is 25.7 Å². The van der Waals surface area contributed by atoms with Crippen LogP contribution in [-0.2, 0) is 10.2 Å². The van der Waals surface area contributed by atoms with Crippen molar-refractivity contribution in [2.75, 3.05) is 17.9 Å². The summed E-state index contributed by atoms with van der Waals surface area (Å²) in [4.78, 5) is 8.59. The summed E-state index contributed by atoms with van der Waals surface area (Å²) >= 11 is 0. The number of fused-ring (bicyclic) bond motifs is 1. The Kier molecular flexibility index (Phi) is 6.33. The molecule has 0 atom stereocenters. The highest BCUT2D eigenvalue weighted by Gasteiger charge is 2.27. The zero-order valence-corrected chi connectivity index (χ0v) is 18.1. The molecule has 1 N–H and O–H groups in total. The number of oxazole rings is 1. The SMILES string of the molecule is CNS(=O)(=O)N(CC1CCC(/C=N\c2nc3ccc(F)cc3o2)CC1)c1ccccc1. The Morgan fingerprint density at radius 1 is 1.19 bits per heavy atom. The van der Waals surface area contributed by atoms with E-state index in [0.717, 1.165) is 25.7 Å². The largest absolute Gasteiger partial charge is 0.422 e. The molecule has 1 fully saturated rings. The Balaban J connectivity index is 1.37. The minimum Gasteiger partial charge on any atom is -0.422 e. The van der Waals surface area contributed by atoms with E-state index in [4.69, 9.17) is 4.42 Å². The quantitative estimate of drug-likeness (QED) is 0.546. The third-order valence-corrected chi connectivity index (χ3v) is 7.10. The molecule has 1 saturated carbocycles. The number of nitrogens with zero attached hydrogens (tertiary/aromatic N) is 3. The molecule has 3 aromatic rings. The van der Waals surface area contributed by atoms with Crippen molar-refractivity contribution in [3.8, 4) is 0 Å². The van der Waals surface area contributed by atoms with Crippen molar-refractivity contribution in [1.82, 2.24) is 9.71 Å². The molecule has 9 heteroatoms. The lowest BCUT2D eigenvalue weighted by molar-refractivity contribution is 0.332. The highest BCUT2D eigenvalue weighted by atomic mass is 32.2. The number of aromatic nitrogens is 1. The maximum atomic E-state index is 13.3. The summed E-state index contributed by atoms with van der Waals surface area (Å²) in [5, 5.41) is 0. The van der Waals surface area contributed by atoms with Crippen molar-refractivity contribution in [1.29, 1.82) is 0 Å². The smallest absolute Gasteiger partial charge is 0.322 e. The number of hydrogen-bond acceptors (Lipinski definition) is 5. The summed E-state index contributed by atoms with van der Waals surface area (Å²) in [5.41, 5.74) is 1.61. The molecule has 164 valence electrons. The molecule has 31 heavy (non-hydrogen) atoms. The van der Waals surface area contributed by atoms with E-state index in [9.17, 15) is 12.8 Å². The van der Waals surface area contributed by atoms with Gasteiger partial charge in [-0.2, -0.15) is 13.4 Å². The van der Waals surface area contributed by atoms with Crippen LogP contribution in [0.3, 0.4) is 0 Å². The van der Waals surface area contributed by atoms with Gasteiger partial charge in [0.25, 0.3) is 0 Å². The lowest BCUT2D eigenvalue weighted by Gasteiger charge is -2.32. The molecule has 0 aliphatic heterocycles. The van der Waals surface area contributed by atoms with E-state index in [2.05, 4.69) is 14.7 Å². The van der Waals surface area contributed by atoms with E-state index in [0.29, 0.717) is 23.3 Å². The second kappa shape index (κ2) is 9.15. The van der Waals surface area contributed by atoms with Gasteiger partial charge in [-0.05, 0) is 61.8 Å². The van der Waals surface area contributed by atoms with Crippen LogP contribution in [0.5, 0.6) is 0 Å². The van der Waals surface area contributed by atoms with Crippen molar-refractivity contribution >= 4 is 39.2 Å². The number of rotatable bonds is 7. The molecule has 1 heterocycles. The normalized spacial score (nSPS) is 19.8. The predicted molar refractivity (Wildman–Crippen MR) is 119 cm³/mol. The van der Waals surface area contributed by atoms with Gasteiger partial charge in [0.2, 0.25) is 0 Å². The predicted octanol–water partition coefficient (Wildman–Crippen LogP) is 4.45. The number of aliphatic imine (C=N–C) groups is 1. The summed E-state index contributed by atoms with van der Waals surface area (Å²) in [6.45, 7) is 0.438. The lowest BCUT2D eigenvalue weighted by atomic mass is 9.82. The molecule has 0 radical (unpaired) electrons. The van der Waals surface area contributed by atoms with Gasteiger partial charge in [-0.25, -0.2) is 14.1 Å². The monoisotopic (exact) mass is 444 g/mol. The van der Waals surface area contributed by atoms with Crippen LogP contribution in [-0.4, -0.2) is 33.2 Å². The summed E-state index contributed by atoms with van der Waals surface area (Å²) < 4.78 is 47.7. The van der Waals surface area contributed by atoms with Crippen LogP contribution in [0.15, 0.2) is 57.9 Å². The Bertz CT molecular complexity index is 1160. The molecule has 0 unspecified atom stereocenters. The third-order valence-electron chi connectivity index (χ3n) is 5.64. The number of benzene rings is 2. The maximum absolute atomic E-state index is 13.3. The topological polar surface area (TPSA) is 87.8 Å². The molecule has 7 nitrogen and oxygen atoms in total. The first-order chi connectivity index (χ1) is 14.9. The molecule has 0 saturated heterocycles. The van der Waals surface area contributed by atoms with Gasteiger partial charge >= 0.3 is 16.2 Å². The number of halogens is 1. The van der Waals surface area contributed by atoms with Crippen LogP contribution >= 0.6 is 0 Å². The lowest BCUT2D eigenvalue weighted by Crippen LogP contribution is -2.42. The molecule has 0 bridgehead atoms. The number of para-hydroxylation sites is 1. The Hall–Kier alpha value is -2.78. The van der Waals surface area contributed by atoms with Crippen LogP contribution in [0.2, 0.25) is 0 Å². The van der Waals surface area contributed by atoms with Gasteiger partial charge in [0, 0.05) is 25.9 Å². The summed E-state index contributed by atoms with van der Waals surface area (Å²) in [5.74, 6) is 0.164. The number of hydrogen-bond donors (Lipinski definition) is 1. The number of anilines is 1. The van der Waals surface area contributed by atoms with E-state index in [1.165, 1.54) is 23.5 Å². The van der Waals surface area contributed by atoms with E-state index in [1.54, 1.807) is 18.2 Å². The second-order valence-electron chi connectivity index (χ2n) is 7.74. The molecular formula is C22H25FN4O3S. The van der Waals surface area contributed by atoms with E-state index in [1.807, 2.05) is 24.4 Å². The summed E-state index contributed by atoms with van der Waals surface area (Å²) in [6, 6.07) is 13.6. The molecule has 1 aliphatic carbocycles. The zero-order valence-electron chi connectivity index (χ0n) is 17.2. The Morgan fingerprint density at radius 3 is 2.65 bits per heavy atom. The first kappa shape index (κ1) is 21.5. The van der Waals surface area contributed by atoms with Gasteiger partial charge in [0.1, 0.15) is 11.3 Å². The highest BCUT2D eigenvalue weighted by molar-refractivity contribution is 7.90. The van der Waals surface area contributed by atoms with Crippen molar-refractivity contribution in [3.63, 3.8) is 0 Å². The third kappa shape index (κ3) is 5.11. The van der Waals surface area contributed by atoms with Crippen molar-refractivity contribution in [2.45, 2.75) is 25.7 Å². The minimum absolute atomic E-state index is 0.220. The van der Waals surface area contributed by atoms with Gasteiger partial charge in [-0.3, -0.25) is 4.31 Å². The second-order valence-corrected chi connectivity index (χ2v) is 9.54. The van der Waals surface area contributed by atoms with E-state index < -0.39 is 10.2 Å². The molecular weight excluding hydrogens is 419 g/mol. The first-order valence-corrected chi connectivity index (χ1v) is 11.7. The maximum Gasteiger partial charge on any atom is 0.322 e. The Morgan fingerprint density at radius 2 is 1.94 bits per heavy atom. The molecule has 0 spiro atoms. The van der Waals surface area contributed by atoms with Crippen LogP contribution in [0, 0.1) is 17.7 Å². The van der Waals surface area contributed by atoms with Gasteiger partial charge in [0.05, 0.1) is 5.69 Å². The van der Waals surface area contributed by atoms with Gasteiger partial charge < -0.3 is 4.42 Å². The minimum atomic E-state index is -3.58. The standard InChI is InChI=1S/C22H25FN4O3S/c1-24-31(28,29)27(19-5-3-2-4-6-19)15-17-9-7-16(8-10-17)14-25-22-26-20-12-11-18(23)13-21(20)30-22/h2-6,11-14,16-17,24H,7-10,15H2,1H3/b25-14-. The average molecular weight is 445 g/mol. The molecule has 4 rings (SSSR count). The molecule has 0 amide bonds. The number of nitrogens with one attached hydrogen (secondary N) is 1. The van der Waals surface area contributed by atoms with Crippen molar-refractivity contribution < 1.29 is 17.2 Å². The fourth-order valence-corrected chi connectivity index (χ4v) is 4.94. The average Bonchev–Trinajstić information content (AvgIpc) is 3.19. The fraction of sp³-hybridized carbons (Fsp3) is 0.364. The van der Waals surface area contributed by atoms with Crippen LogP contribution in [0.4, 0.5) is 16.1 Å². The highest BCUT2D eigenvalue weighted by Crippen LogP contribution is 2.31. The molecule has 1 aromatic heterocycles. The molecule has 1 aliphatic rings.